The van der Waals surface area contributed by atoms with E-state index in [4.69, 9.17) is 4.74 Å². The lowest BCUT2D eigenvalue weighted by molar-refractivity contribution is 0.197. The molecular formula is C15H24FN3OS. The molecule has 0 amide bonds. The predicted octanol–water partition coefficient (Wildman–Crippen LogP) is 2.51. The average molecular weight is 313 g/mol. The van der Waals surface area contributed by atoms with E-state index in [2.05, 4.69) is 15.6 Å². The van der Waals surface area contributed by atoms with Gasteiger partial charge in [0.05, 0.1) is 0 Å². The fraction of sp³-hybridized carbons (Fsp3) is 0.533. The van der Waals surface area contributed by atoms with Crippen LogP contribution in [0, 0.1) is 5.82 Å². The van der Waals surface area contributed by atoms with Gasteiger partial charge in [-0.05, 0) is 25.5 Å². The van der Waals surface area contributed by atoms with Crippen molar-refractivity contribution in [1.29, 1.82) is 0 Å². The normalized spacial score (nSPS) is 11.5. The largest absolute Gasteiger partial charge is 0.385 e. The first-order chi connectivity index (χ1) is 10.3. The van der Waals surface area contributed by atoms with Crippen LogP contribution < -0.4 is 10.6 Å². The first-order valence-corrected chi connectivity index (χ1v) is 8.15. The Morgan fingerprint density at radius 1 is 1.33 bits per heavy atom. The number of nitrogens with zero attached hydrogens (tertiary/aromatic N) is 1. The third-order valence-corrected chi connectivity index (χ3v) is 3.66. The standard InChI is InChI=1S/C15H24FN3OS/c1-3-17-15(18-9-6-11-20-2)19-10-12-21-14-8-5-4-7-13(14)16/h4-5,7-8H,3,6,9-12H2,1-2H3,(H2,17,18,19). The molecule has 2 N–H and O–H groups in total. The van der Waals surface area contributed by atoms with Gasteiger partial charge in [-0.3, -0.25) is 4.99 Å². The van der Waals surface area contributed by atoms with Gasteiger partial charge in [0, 0.05) is 44.0 Å². The molecule has 0 saturated heterocycles. The fourth-order valence-corrected chi connectivity index (χ4v) is 2.44. The third-order valence-electron chi connectivity index (χ3n) is 2.61. The molecule has 0 bridgehead atoms. The summed E-state index contributed by atoms with van der Waals surface area (Å²) in [5.74, 6) is 1.41. The average Bonchev–Trinajstić information content (AvgIpc) is 2.49. The maximum absolute atomic E-state index is 13.4. The Bertz CT molecular complexity index is 429. The van der Waals surface area contributed by atoms with Gasteiger partial charge in [0.25, 0.3) is 0 Å². The van der Waals surface area contributed by atoms with E-state index in [9.17, 15) is 4.39 Å². The Morgan fingerprint density at radius 2 is 2.14 bits per heavy atom. The van der Waals surface area contributed by atoms with E-state index in [0.717, 1.165) is 37.8 Å². The van der Waals surface area contributed by atoms with Crippen molar-refractivity contribution >= 4 is 17.7 Å². The van der Waals surface area contributed by atoms with Gasteiger partial charge in [-0.15, -0.1) is 11.8 Å². The first-order valence-electron chi connectivity index (χ1n) is 7.16. The second-order valence-electron chi connectivity index (χ2n) is 4.31. The molecule has 1 aromatic rings. The van der Waals surface area contributed by atoms with Crippen LogP contribution in [0.3, 0.4) is 0 Å². The molecule has 0 spiro atoms. The summed E-state index contributed by atoms with van der Waals surface area (Å²) in [6.07, 6.45) is 0.900. The summed E-state index contributed by atoms with van der Waals surface area (Å²) >= 11 is 1.50. The summed E-state index contributed by atoms with van der Waals surface area (Å²) in [5.41, 5.74) is 0. The van der Waals surface area contributed by atoms with Crippen molar-refractivity contribution in [2.24, 2.45) is 4.99 Å². The fourth-order valence-electron chi connectivity index (χ4n) is 1.63. The molecule has 0 aliphatic heterocycles. The van der Waals surface area contributed by atoms with Crippen molar-refractivity contribution < 1.29 is 9.13 Å². The van der Waals surface area contributed by atoms with E-state index in [0.29, 0.717) is 11.5 Å². The number of guanidine groups is 1. The van der Waals surface area contributed by atoms with Crippen molar-refractivity contribution in [3.05, 3.63) is 30.1 Å². The van der Waals surface area contributed by atoms with Crippen LogP contribution in [0.25, 0.3) is 0 Å². The maximum Gasteiger partial charge on any atom is 0.191 e. The molecule has 0 aliphatic rings. The number of halogens is 1. The summed E-state index contributed by atoms with van der Waals surface area (Å²) < 4.78 is 18.4. The minimum Gasteiger partial charge on any atom is -0.385 e. The van der Waals surface area contributed by atoms with E-state index in [1.807, 2.05) is 13.0 Å². The number of methoxy groups -OCH3 is 1. The lowest BCUT2D eigenvalue weighted by atomic mass is 10.3. The highest BCUT2D eigenvalue weighted by Crippen LogP contribution is 2.20. The van der Waals surface area contributed by atoms with Crippen molar-refractivity contribution in [3.63, 3.8) is 0 Å². The number of rotatable bonds is 9. The number of hydrogen-bond donors (Lipinski definition) is 2. The quantitative estimate of drug-likeness (QED) is 0.318. The second-order valence-corrected chi connectivity index (χ2v) is 5.45. The van der Waals surface area contributed by atoms with Crippen LogP contribution in [0.4, 0.5) is 4.39 Å². The Kier molecular flexibility index (Phi) is 9.65. The lowest BCUT2D eigenvalue weighted by Gasteiger charge is -2.11. The van der Waals surface area contributed by atoms with Gasteiger partial charge in [0.1, 0.15) is 5.82 Å². The molecule has 0 fully saturated rings. The minimum absolute atomic E-state index is 0.164. The number of aliphatic imine (C=N–C) groups is 1. The summed E-state index contributed by atoms with van der Waals surface area (Å²) in [6.45, 7) is 5.02. The molecule has 0 heterocycles. The van der Waals surface area contributed by atoms with Crippen molar-refractivity contribution in [1.82, 2.24) is 10.6 Å². The summed E-state index contributed by atoms with van der Waals surface area (Å²) in [5, 5.41) is 6.43. The van der Waals surface area contributed by atoms with Crippen LogP contribution in [0.5, 0.6) is 0 Å². The van der Waals surface area contributed by atoms with Gasteiger partial charge in [-0.25, -0.2) is 4.39 Å². The van der Waals surface area contributed by atoms with Crippen LogP contribution in [0.15, 0.2) is 34.2 Å². The molecule has 1 aromatic carbocycles. The molecule has 21 heavy (non-hydrogen) atoms. The van der Waals surface area contributed by atoms with E-state index in [1.54, 1.807) is 19.2 Å². The van der Waals surface area contributed by atoms with Gasteiger partial charge in [-0.2, -0.15) is 0 Å². The molecule has 0 radical (unpaired) electrons. The Labute approximate surface area is 130 Å². The highest BCUT2D eigenvalue weighted by Gasteiger charge is 2.01. The van der Waals surface area contributed by atoms with Crippen LogP contribution in [-0.2, 0) is 4.74 Å². The van der Waals surface area contributed by atoms with E-state index < -0.39 is 0 Å². The Balaban J connectivity index is 2.28. The molecular weight excluding hydrogens is 289 g/mol. The van der Waals surface area contributed by atoms with Crippen molar-refractivity contribution in [2.75, 3.05) is 39.1 Å². The Morgan fingerprint density at radius 3 is 2.86 bits per heavy atom. The Hall–Kier alpha value is -1.27. The molecule has 0 atom stereocenters. The smallest absolute Gasteiger partial charge is 0.191 e. The van der Waals surface area contributed by atoms with E-state index in [1.165, 1.54) is 17.8 Å². The van der Waals surface area contributed by atoms with Gasteiger partial charge in [-0.1, -0.05) is 12.1 Å². The third kappa shape index (κ3) is 7.92. The molecule has 1 rings (SSSR count). The topological polar surface area (TPSA) is 45.7 Å². The predicted molar refractivity (Wildman–Crippen MR) is 87.6 cm³/mol. The van der Waals surface area contributed by atoms with Gasteiger partial charge >= 0.3 is 0 Å². The van der Waals surface area contributed by atoms with Crippen molar-refractivity contribution in [3.8, 4) is 0 Å². The molecule has 6 heteroatoms. The van der Waals surface area contributed by atoms with Crippen LogP contribution >= 0.6 is 11.8 Å². The molecule has 118 valence electrons. The van der Waals surface area contributed by atoms with Crippen molar-refractivity contribution in [2.45, 2.75) is 18.2 Å². The van der Waals surface area contributed by atoms with Crippen LogP contribution in [-0.4, -0.2) is 45.1 Å². The SMILES string of the molecule is CCNC(=NCCCOC)NCCSc1ccccc1F. The molecule has 0 saturated carbocycles. The molecule has 0 aliphatic carbocycles. The summed E-state index contributed by atoms with van der Waals surface area (Å²) in [6, 6.07) is 6.83. The monoisotopic (exact) mass is 313 g/mol. The zero-order valence-corrected chi connectivity index (χ0v) is 13.5. The molecule has 0 aromatic heterocycles. The summed E-state index contributed by atoms with van der Waals surface area (Å²) in [4.78, 5) is 5.13. The highest BCUT2D eigenvalue weighted by molar-refractivity contribution is 7.99. The minimum atomic E-state index is -0.164. The number of nitrogens with one attached hydrogen (secondary N) is 2. The number of thioether (sulfide) groups is 1. The molecule has 4 nitrogen and oxygen atoms in total. The van der Waals surface area contributed by atoms with Gasteiger partial charge < -0.3 is 15.4 Å². The zero-order chi connectivity index (χ0) is 15.3. The summed E-state index contributed by atoms with van der Waals surface area (Å²) in [7, 11) is 1.69. The van der Waals surface area contributed by atoms with Crippen LogP contribution in [0.1, 0.15) is 13.3 Å². The van der Waals surface area contributed by atoms with E-state index in [-0.39, 0.29) is 5.82 Å². The number of benzene rings is 1. The van der Waals surface area contributed by atoms with E-state index >= 15 is 0 Å². The first kappa shape index (κ1) is 17.8. The zero-order valence-electron chi connectivity index (χ0n) is 12.7. The maximum atomic E-state index is 13.4. The number of ether oxygens (including phenoxy) is 1. The molecule has 0 unspecified atom stereocenters. The second kappa shape index (κ2) is 11.4. The lowest BCUT2D eigenvalue weighted by Crippen LogP contribution is -2.38. The van der Waals surface area contributed by atoms with Gasteiger partial charge in [0.2, 0.25) is 0 Å². The highest BCUT2D eigenvalue weighted by atomic mass is 32.2. The van der Waals surface area contributed by atoms with Crippen LogP contribution in [0.2, 0.25) is 0 Å². The van der Waals surface area contributed by atoms with Gasteiger partial charge in [0.15, 0.2) is 5.96 Å². The number of hydrogen-bond acceptors (Lipinski definition) is 3.